The first kappa shape index (κ1) is 18.1. The molecule has 0 bridgehead atoms. The second-order valence-corrected chi connectivity index (χ2v) is 6.53. The number of hydrogen-bond acceptors (Lipinski definition) is 3. The van der Waals surface area contributed by atoms with E-state index in [4.69, 9.17) is 5.11 Å². The molecule has 0 heterocycles. The van der Waals surface area contributed by atoms with Gasteiger partial charge in [-0.05, 0) is 44.4 Å². The Bertz CT molecular complexity index is 474. The fourth-order valence-electron chi connectivity index (χ4n) is 3.10. The summed E-state index contributed by atoms with van der Waals surface area (Å²) in [5.41, 5.74) is -0.396. The molecule has 0 aromatic heterocycles. The van der Waals surface area contributed by atoms with Gasteiger partial charge in [0.25, 0.3) is 0 Å². The molecule has 0 spiro atoms. The average Bonchev–Trinajstić information content (AvgIpc) is 2.33. The van der Waals surface area contributed by atoms with E-state index < -0.39 is 23.3 Å². The molecule has 0 aromatic carbocycles. The molecule has 120 valence electrons. The van der Waals surface area contributed by atoms with E-state index in [2.05, 4.69) is 0 Å². The first-order chi connectivity index (χ1) is 9.56. The van der Waals surface area contributed by atoms with E-state index in [1.54, 1.807) is 25.2 Å². The van der Waals surface area contributed by atoms with Gasteiger partial charge in [-0.3, -0.25) is 0 Å². The smallest absolute Gasteiger partial charge is 0.121 e. The van der Waals surface area contributed by atoms with Crippen molar-refractivity contribution in [2.24, 2.45) is 5.41 Å². The third kappa shape index (κ3) is 3.44. The van der Waals surface area contributed by atoms with Crippen LogP contribution >= 0.6 is 0 Å². The van der Waals surface area contributed by atoms with Gasteiger partial charge in [0.15, 0.2) is 0 Å². The molecule has 3 nitrogen and oxygen atoms in total. The van der Waals surface area contributed by atoms with Gasteiger partial charge < -0.3 is 15.3 Å². The van der Waals surface area contributed by atoms with Crippen molar-refractivity contribution in [3.63, 3.8) is 0 Å². The van der Waals surface area contributed by atoms with Crippen LogP contribution in [0.2, 0.25) is 0 Å². The fraction of sp³-hybridized carbons (Fsp3) is 0.647. The van der Waals surface area contributed by atoms with Gasteiger partial charge in [0.1, 0.15) is 11.8 Å². The monoisotopic (exact) mass is 298 g/mol. The minimum atomic E-state index is -1.33. The van der Waals surface area contributed by atoms with Crippen LogP contribution in [0.15, 0.2) is 34.9 Å². The van der Waals surface area contributed by atoms with Crippen molar-refractivity contribution in [1.82, 2.24) is 0 Å². The number of aliphatic hydroxyl groups is 3. The van der Waals surface area contributed by atoms with Crippen molar-refractivity contribution in [2.45, 2.75) is 58.9 Å². The fourth-order valence-corrected chi connectivity index (χ4v) is 3.10. The van der Waals surface area contributed by atoms with Gasteiger partial charge in [0, 0.05) is 5.41 Å². The summed E-state index contributed by atoms with van der Waals surface area (Å²) < 4.78 is 13.8. The van der Waals surface area contributed by atoms with E-state index >= 15 is 0 Å². The summed E-state index contributed by atoms with van der Waals surface area (Å²) in [7, 11) is 0. The van der Waals surface area contributed by atoms with Crippen molar-refractivity contribution in [3.8, 4) is 0 Å². The molecule has 1 rings (SSSR count). The molecule has 0 saturated carbocycles. The summed E-state index contributed by atoms with van der Waals surface area (Å²) >= 11 is 0. The molecule has 3 N–H and O–H groups in total. The van der Waals surface area contributed by atoms with Crippen LogP contribution in [0.3, 0.4) is 0 Å². The Labute approximate surface area is 126 Å². The SMILES string of the molecule is CC(C=CC1(O)C(C)=C(C(C)F)C(O)CC1(C)C)=CCO. The zero-order valence-electron chi connectivity index (χ0n) is 13.5. The second kappa shape index (κ2) is 6.42. The van der Waals surface area contributed by atoms with Crippen LogP contribution in [0.4, 0.5) is 4.39 Å². The van der Waals surface area contributed by atoms with Crippen molar-refractivity contribution < 1.29 is 19.7 Å². The summed E-state index contributed by atoms with van der Waals surface area (Å²) in [6, 6.07) is 0. The van der Waals surface area contributed by atoms with E-state index in [1.807, 2.05) is 20.8 Å². The molecule has 0 aliphatic heterocycles. The highest BCUT2D eigenvalue weighted by Crippen LogP contribution is 2.48. The summed E-state index contributed by atoms with van der Waals surface area (Å²) in [6.07, 6.45) is 3.10. The molecule has 0 fully saturated rings. The van der Waals surface area contributed by atoms with Crippen molar-refractivity contribution in [1.29, 1.82) is 0 Å². The third-order valence-corrected chi connectivity index (χ3v) is 4.53. The van der Waals surface area contributed by atoms with Gasteiger partial charge >= 0.3 is 0 Å². The first-order valence-electron chi connectivity index (χ1n) is 7.29. The molecule has 0 amide bonds. The van der Waals surface area contributed by atoms with Gasteiger partial charge in [-0.2, -0.15) is 0 Å². The molecule has 1 aliphatic rings. The van der Waals surface area contributed by atoms with E-state index in [9.17, 15) is 14.6 Å². The first-order valence-corrected chi connectivity index (χ1v) is 7.29. The van der Waals surface area contributed by atoms with Gasteiger partial charge in [-0.1, -0.05) is 31.6 Å². The van der Waals surface area contributed by atoms with Gasteiger partial charge in [0.05, 0.1) is 12.7 Å². The van der Waals surface area contributed by atoms with Crippen molar-refractivity contribution in [3.05, 3.63) is 34.9 Å². The summed E-state index contributed by atoms with van der Waals surface area (Å²) in [6.45, 7) is 8.51. The van der Waals surface area contributed by atoms with Crippen LogP contribution in [0.1, 0.15) is 41.0 Å². The van der Waals surface area contributed by atoms with E-state index in [0.29, 0.717) is 5.57 Å². The Kier molecular flexibility index (Phi) is 5.53. The maximum absolute atomic E-state index is 13.8. The van der Waals surface area contributed by atoms with Crippen LogP contribution in [0.5, 0.6) is 0 Å². The molecule has 21 heavy (non-hydrogen) atoms. The zero-order valence-corrected chi connectivity index (χ0v) is 13.5. The van der Waals surface area contributed by atoms with Crippen LogP contribution in [0.25, 0.3) is 0 Å². The number of aliphatic hydroxyl groups excluding tert-OH is 2. The molecular weight excluding hydrogens is 271 g/mol. The number of allylic oxidation sites excluding steroid dienone is 2. The summed E-state index contributed by atoms with van der Waals surface area (Å²) in [4.78, 5) is 0. The van der Waals surface area contributed by atoms with Gasteiger partial charge in [0.2, 0.25) is 0 Å². The predicted molar refractivity (Wildman–Crippen MR) is 82.6 cm³/mol. The van der Waals surface area contributed by atoms with Crippen LogP contribution in [-0.4, -0.2) is 39.8 Å². The number of halogens is 1. The quantitative estimate of drug-likeness (QED) is 0.552. The number of rotatable bonds is 4. The minimum Gasteiger partial charge on any atom is -0.392 e. The Hall–Kier alpha value is -0.970. The predicted octanol–water partition coefficient (Wildman–Crippen LogP) is 2.68. The van der Waals surface area contributed by atoms with Crippen LogP contribution < -0.4 is 0 Å². The van der Waals surface area contributed by atoms with E-state index in [0.717, 1.165) is 5.57 Å². The lowest BCUT2D eigenvalue weighted by molar-refractivity contribution is -0.0373. The molecule has 3 unspecified atom stereocenters. The number of hydrogen-bond donors (Lipinski definition) is 3. The lowest BCUT2D eigenvalue weighted by Crippen LogP contribution is -2.51. The molecule has 3 atom stereocenters. The Balaban J connectivity index is 3.36. The Morgan fingerprint density at radius 1 is 1.48 bits per heavy atom. The maximum atomic E-state index is 13.8. The topological polar surface area (TPSA) is 60.7 Å². The van der Waals surface area contributed by atoms with E-state index in [-0.39, 0.29) is 18.6 Å². The molecule has 1 aliphatic carbocycles. The highest BCUT2D eigenvalue weighted by Gasteiger charge is 2.50. The standard InChI is InChI=1S/C17H27FO3/c1-11(7-9-19)6-8-17(21)12(2)15(13(3)18)14(20)10-16(17,4)5/h6-8,13-14,19-21H,9-10H2,1-5H3. The van der Waals surface area contributed by atoms with Crippen molar-refractivity contribution in [2.75, 3.05) is 6.61 Å². The normalized spacial score (nSPS) is 31.9. The maximum Gasteiger partial charge on any atom is 0.121 e. The Morgan fingerprint density at radius 3 is 2.52 bits per heavy atom. The third-order valence-electron chi connectivity index (χ3n) is 4.53. The highest BCUT2D eigenvalue weighted by molar-refractivity contribution is 5.40. The van der Waals surface area contributed by atoms with E-state index in [1.165, 1.54) is 6.92 Å². The molecular formula is C17H27FO3. The minimum absolute atomic E-state index is 0.0711. The number of alkyl halides is 1. The van der Waals surface area contributed by atoms with Crippen molar-refractivity contribution >= 4 is 0 Å². The Morgan fingerprint density at radius 2 is 2.05 bits per heavy atom. The van der Waals surface area contributed by atoms with Gasteiger partial charge in [-0.25, -0.2) is 4.39 Å². The largest absolute Gasteiger partial charge is 0.392 e. The lowest BCUT2D eigenvalue weighted by atomic mass is 9.61. The second-order valence-electron chi connectivity index (χ2n) is 6.53. The van der Waals surface area contributed by atoms with Gasteiger partial charge in [-0.15, -0.1) is 0 Å². The molecule has 0 radical (unpaired) electrons. The average molecular weight is 298 g/mol. The van der Waals surface area contributed by atoms with Crippen LogP contribution in [-0.2, 0) is 0 Å². The molecule has 0 aromatic rings. The zero-order chi connectivity index (χ0) is 16.4. The molecule has 0 saturated heterocycles. The molecule has 4 heteroatoms. The summed E-state index contributed by atoms with van der Waals surface area (Å²) in [5.74, 6) is 0. The highest BCUT2D eigenvalue weighted by atomic mass is 19.1. The summed E-state index contributed by atoms with van der Waals surface area (Å²) in [5, 5.41) is 30.1. The lowest BCUT2D eigenvalue weighted by Gasteiger charge is -2.48. The van der Waals surface area contributed by atoms with Crippen LogP contribution in [0, 0.1) is 5.41 Å².